The van der Waals surface area contributed by atoms with Crippen LogP contribution in [0.25, 0.3) is 6.08 Å². The number of amides is 1. The van der Waals surface area contributed by atoms with Gasteiger partial charge in [-0.15, -0.1) is 0 Å². The third-order valence-corrected chi connectivity index (χ3v) is 4.30. The average Bonchev–Trinajstić information content (AvgIpc) is 2.58. The number of hydrogen-bond acceptors (Lipinski definition) is 2. The van der Waals surface area contributed by atoms with Crippen LogP contribution in [0.15, 0.2) is 60.2 Å². The Balaban J connectivity index is 1.71. The Bertz CT molecular complexity index is 704. The van der Waals surface area contributed by atoms with Crippen LogP contribution in [0.2, 0.25) is 0 Å². The molecule has 1 aliphatic heterocycles. The minimum atomic E-state index is 0.199. The molecule has 1 amide bonds. The highest BCUT2D eigenvalue weighted by molar-refractivity contribution is 5.85. The summed E-state index contributed by atoms with van der Waals surface area (Å²) in [5, 5.41) is 0. The van der Waals surface area contributed by atoms with Crippen molar-refractivity contribution in [2.24, 2.45) is 0 Å². The summed E-state index contributed by atoms with van der Waals surface area (Å²) in [5.41, 5.74) is 3.52. The number of rotatable bonds is 5. The van der Waals surface area contributed by atoms with Crippen LogP contribution < -0.4 is 4.74 Å². The molecule has 0 radical (unpaired) electrons. The normalized spacial score (nSPS) is 17.8. The molecule has 3 rings (SSSR count). The van der Waals surface area contributed by atoms with Crippen LogP contribution in [0.1, 0.15) is 24.5 Å². The Morgan fingerprint density at radius 2 is 1.87 bits per heavy atom. The standard InChI is InChI=1S/C20H21NO2/c1-15(12-16-6-4-3-5-7-16)19-13-20(22)21(19)14-17-8-10-18(23-2)11-9-17/h3-12,19H,13-14H2,1-2H3/b15-12+. The van der Waals surface area contributed by atoms with Gasteiger partial charge in [-0.25, -0.2) is 0 Å². The number of β-lactam (4-membered cyclic amide) rings is 1. The van der Waals surface area contributed by atoms with Gasteiger partial charge in [-0.1, -0.05) is 48.5 Å². The van der Waals surface area contributed by atoms with Crippen molar-refractivity contribution in [1.82, 2.24) is 4.90 Å². The molecule has 0 saturated carbocycles. The van der Waals surface area contributed by atoms with Gasteiger partial charge in [0.25, 0.3) is 0 Å². The Kier molecular flexibility index (Phi) is 4.47. The van der Waals surface area contributed by atoms with Gasteiger partial charge < -0.3 is 9.64 Å². The van der Waals surface area contributed by atoms with Gasteiger partial charge in [0.05, 0.1) is 19.6 Å². The van der Waals surface area contributed by atoms with Gasteiger partial charge in [0.2, 0.25) is 5.91 Å². The fraction of sp³-hybridized carbons (Fsp3) is 0.250. The molecule has 1 aliphatic rings. The first-order chi connectivity index (χ1) is 11.2. The van der Waals surface area contributed by atoms with E-state index < -0.39 is 0 Å². The fourth-order valence-corrected chi connectivity index (χ4v) is 2.90. The van der Waals surface area contributed by atoms with Crippen molar-refractivity contribution in [2.45, 2.75) is 25.9 Å². The molecular weight excluding hydrogens is 286 g/mol. The van der Waals surface area contributed by atoms with Gasteiger partial charge in [-0.05, 0) is 35.8 Å². The summed E-state index contributed by atoms with van der Waals surface area (Å²) in [6.45, 7) is 2.75. The van der Waals surface area contributed by atoms with Gasteiger partial charge >= 0.3 is 0 Å². The second-order valence-corrected chi connectivity index (χ2v) is 5.89. The summed E-state index contributed by atoms with van der Waals surface area (Å²) in [7, 11) is 1.65. The Morgan fingerprint density at radius 3 is 2.48 bits per heavy atom. The Morgan fingerprint density at radius 1 is 1.17 bits per heavy atom. The van der Waals surface area contributed by atoms with Crippen molar-refractivity contribution in [3.05, 3.63) is 71.3 Å². The van der Waals surface area contributed by atoms with Crippen molar-refractivity contribution >= 4 is 12.0 Å². The summed E-state index contributed by atoms with van der Waals surface area (Å²) in [6, 6.07) is 18.3. The van der Waals surface area contributed by atoms with E-state index in [2.05, 4.69) is 25.1 Å². The molecule has 0 aliphatic carbocycles. The van der Waals surface area contributed by atoms with Crippen molar-refractivity contribution < 1.29 is 9.53 Å². The van der Waals surface area contributed by atoms with Crippen molar-refractivity contribution in [3.8, 4) is 5.75 Å². The van der Waals surface area contributed by atoms with Gasteiger partial charge in [0.1, 0.15) is 5.75 Å². The van der Waals surface area contributed by atoms with E-state index in [0.717, 1.165) is 11.3 Å². The summed E-state index contributed by atoms with van der Waals surface area (Å²) < 4.78 is 5.17. The van der Waals surface area contributed by atoms with Crippen LogP contribution in [-0.2, 0) is 11.3 Å². The van der Waals surface area contributed by atoms with E-state index in [9.17, 15) is 4.79 Å². The predicted molar refractivity (Wildman–Crippen MR) is 92.0 cm³/mol. The highest BCUT2D eigenvalue weighted by Crippen LogP contribution is 2.29. The van der Waals surface area contributed by atoms with E-state index in [-0.39, 0.29) is 11.9 Å². The highest BCUT2D eigenvalue weighted by atomic mass is 16.5. The lowest BCUT2D eigenvalue weighted by Crippen LogP contribution is -2.52. The van der Waals surface area contributed by atoms with Crippen LogP contribution in [0.4, 0.5) is 0 Å². The number of benzene rings is 2. The van der Waals surface area contributed by atoms with Gasteiger partial charge in [0, 0.05) is 6.54 Å². The quantitative estimate of drug-likeness (QED) is 0.784. The zero-order chi connectivity index (χ0) is 16.2. The maximum Gasteiger partial charge on any atom is 0.225 e. The maximum absolute atomic E-state index is 12.0. The largest absolute Gasteiger partial charge is 0.497 e. The lowest BCUT2D eigenvalue weighted by Gasteiger charge is -2.41. The van der Waals surface area contributed by atoms with Gasteiger partial charge in [-0.3, -0.25) is 4.79 Å². The number of hydrogen-bond donors (Lipinski definition) is 0. The van der Waals surface area contributed by atoms with Gasteiger partial charge in [0.15, 0.2) is 0 Å². The highest BCUT2D eigenvalue weighted by Gasteiger charge is 2.36. The van der Waals surface area contributed by atoms with Crippen LogP contribution >= 0.6 is 0 Å². The molecule has 2 aromatic carbocycles. The van der Waals surface area contributed by atoms with E-state index in [1.54, 1.807) is 7.11 Å². The first-order valence-electron chi connectivity index (χ1n) is 7.83. The second kappa shape index (κ2) is 6.69. The summed E-state index contributed by atoms with van der Waals surface area (Å²) in [6.07, 6.45) is 2.77. The molecule has 1 saturated heterocycles. The molecule has 0 aromatic heterocycles. The molecule has 0 N–H and O–H groups in total. The minimum Gasteiger partial charge on any atom is -0.497 e. The number of carbonyl (C=O) groups is 1. The number of nitrogens with zero attached hydrogens (tertiary/aromatic N) is 1. The minimum absolute atomic E-state index is 0.199. The topological polar surface area (TPSA) is 29.5 Å². The van der Waals surface area contributed by atoms with E-state index >= 15 is 0 Å². The van der Waals surface area contributed by atoms with Crippen LogP contribution in [0, 0.1) is 0 Å². The van der Waals surface area contributed by atoms with E-state index in [1.807, 2.05) is 47.4 Å². The van der Waals surface area contributed by atoms with Crippen LogP contribution in [0.3, 0.4) is 0 Å². The number of methoxy groups -OCH3 is 1. The molecule has 118 valence electrons. The van der Waals surface area contributed by atoms with E-state index in [1.165, 1.54) is 11.1 Å². The smallest absolute Gasteiger partial charge is 0.225 e. The summed E-state index contributed by atoms with van der Waals surface area (Å²) >= 11 is 0. The molecule has 1 heterocycles. The number of carbonyl (C=O) groups excluding carboxylic acids is 1. The first-order valence-corrected chi connectivity index (χ1v) is 7.83. The molecule has 3 heteroatoms. The zero-order valence-electron chi connectivity index (χ0n) is 13.5. The molecule has 0 bridgehead atoms. The fourth-order valence-electron chi connectivity index (χ4n) is 2.90. The molecule has 1 atom stereocenters. The average molecular weight is 307 g/mol. The summed E-state index contributed by atoms with van der Waals surface area (Å²) in [4.78, 5) is 13.9. The first kappa shape index (κ1) is 15.3. The molecule has 1 fully saturated rings. The second-order valence-electron chi connectivity index (χ2n) is 5.89. The number of likely N-dealkylation sites (tertiary alicyclic amines) is 1. The lowest BCUT2D eigenvalue weighted by molar-refractivity contribution is -0.144. The van der Waals surface area contributed by atoms with Crippen LogP contribution in [0.5, 0.6) is 5.75 Å². The number of ether oxygens (including phenoxy) is 1. The predicted octanol–water partition coefficient (Wildman–Crippen LogP) is 3.90. The molecule has 0 spiro atoms. The molecule has 2 aromatic rings. The SMILES string of the molecule is COc1ccc(CN2C(=O)CC2/C(C)=C/c2ccccc2)cc1. The monoisotopic (exact) mass is 307 g/mol. The maximum atomic E-state index is 12.0. The molecule has 3 nitrogen and oxygen atoms in total. The Hall–Kier alpha value is -2.55. The third kappa shape index (κ3) is 3.45. The zero-order valence-corrected chi connectivity index (χ0v) is 13.5. The van der Waals surface area contributed by atoms with E-state index in [0.29, 0.717) is 13.0 Å². The van der Waals surface area contributed by atoms with Gasteiger partial charge in [-0.2, -0.15) is 0 Å². The van der Waals surface area contributed by atoms with Crippen molar-refractivity contribution in [2.75, 3.05) is 7.11 Å². The van der Waals surface area contributed by atoms with Crippen LogP contribution in [-0.4, -0.2) is 24.0 Å². The van der Waals surface area contributed by atoms with Crippen molar-refractivity contribution in [1.29, 1.82) is 0 Å². The molecule has 1 unspecified atom stereocenters. The Labute approximate surface area is 137 Å². The third-order valence-electron chi connectivity index (χ3n) is 4.30. The molecule has 23 heavy (non-hydrogen) atoms. The van der Waals surface area contributed by atoms with Crippen molar-refractivity contribution in [3.63, 3.8) is 0 Å². The molecular formula is C20H21NO2. The lowest BCUT2D eigenvalue weighted by atomic mass is 9.92. The summed E-state index contributed by atoms with van der Waals surface area (Å²) in [5.74, 6) is 1.05. The van der Waals surface area contributed by atoms with E-state index in [4.69, 9.17) is 4.74 Å².